The first-order chi connectivity index (χ1) is 7.39. The largest absolute Gasteiger partial charge is 0.444 e. The first-order valence-corrected chi connectivity index (χ1v) is 6.13. The number of amides is 1. The summed E-state index contributed by atoms with van der Waals surface area (Å²) in [5.74, 6) is 0.732. The molecule has 1 aliphatic carbocycles. The normalized spacial score (nSPS) is 26.4. The zero-order valence-electron chi connectivity index (χ0n) is 10.4. The molecular weight excluding hydrogens is 204 g/mol. The van der Waals surface area contributed by atoms with Gasteiger partial charge in [-0.05, 0) is 58.3 Å². The van der Waals surface area contributed by atoms with E-state index in [0.717, 1.165) is 31.6 Å². The lowest BCUT2D eigenvalue weighted by Crippen LogP contribution is -2.32. The number of ether oxygens (including phenoxy) is 1. The number of hydrogen-bond acceptors (Lipinski definition) is 3. The van der Waals surface area contributed by atoms with Crippen molar-refractivity contribution in [3.05, 3.63) is 0 Å². The molecule has 0 saturated heterocycles. The fraction of sp³-hybridized carbons (Fsp3) is 0.917. The van der Waals surface area contributed by atoms with Gasteiger partial charge in [0.15, 0.2) is 0 Å². The maximum absolute atomic E-state index is 10.7. The van der Waals surface area contributed by atoms with Gasteiger partial charge in [-0.2, -0.15) is 0 Å². The number of primary amides is 1. The van der Waals surface area contributed by atoms with Crippen molar-refractivity contribution < 1.29 is 9.53 Å². The summed E-state index contributed by atoms with van der Waals surface area (Å²) in [7, 11) is 0. The van der Waals surface area contributed by atoms with Crippen LogP contribution in [0.2, 0.25) is 0 Å². The summed E-state index contributed by atoms with van der Waals surface area (Å²) in [6, 6.07) is 0.395. The molecule has 0 aromatic carbocycles. The maximum atomic E-state index is 10.7. The van der Waals surface area contributed by atoms with E-state index in [2.05, 4.69) is 0 Å². The monoisotopic (exact) mass is 228 g/mol. The Labute approximate surface area is 97.7 Å². The number of nitrogens with two attached hydrogens (primary N) is 2. The number of carbonyl (C=O) groups excluding carboxylic acids is 1. The molecule has 4 heteroatoms. The Morgan fingerprint density at radius 3 is 2.38 bits per heavy atom. The SMILES string of the molecule is CC(C)(CCC1CCC(N)CC1)OC(N)=O. The number of carbonyl (C=O) groups is 1. The van der Waals surface area contributed by atoms with E-state index in [9.17, 15) is 4.79 Å². The van der Waals surface area contributed by atoms with Crippen molar-refractivity contribution in [1.82, 2.24) is 0 Å². The average Bonchev–Trinajstić information content (AvgIpc) is 2.15. The lowest BCUT2D eigenvalue weighted by Gasteiger charge is -2.30. The molecule has 0 spiro atoms. The van der Waals surface area contributed by atoms with Gasteiger partial charge in [-0.25, -0.2) is 4.79 Å². The Kier molecular flexibility index (Phi) is 4.59. The lowest BCUT2D eigenvalue weighted by molar-refractivity contribution is 0.0327. The summed E-state index contributed by atoms with van der Waals surface area (Å²) < 4.78 is 5.06. The smallest absolute Gasteiger partial charge is 0.405 e. The van der Waals surface area contributed by atoms with Gasteiger partial charge in [0.25, 0.3) is 0 Å². The summed E-state index contributed by atoms with van der Waals surface area (Å²) in [6.45, 7) is 3.82. The van der Waals surface area contributed by atoms with Crippen molar-refractivity contribution in [1.29, 1.82) is 0 Å². The van der Waals surface area contributed by atoms with Crippen molar-refractivity contribution >= 4 is 6.09 Å². The minimum absolute atomic E-state index is 0.395. The van der Waals surface area contributed by atoms with Gasteiger partial charge in [-0.3, -0.25) is 0 Å². The highest BCUT2D eigenvalue weighted by Gasteiger charge is 2.25. The second-order valence-corrected chi connectivity index (χ2v) is 5.50. The van der Waals surface area contributed by atoms with Gasteiger partial charge in [-0.15, -0.1) is 0 Å². The van der Waals surface area contributed by atoms with Gasteiger partial charge in [0.1, 0.15) is 5.60 Å². The van der Waals surface area contributed by atoms with Crippen molar-refractivity contribution in [2.75, 3.05) is 0 Å². The number of hydrogen-bond donors (Lipinski definition) is 2. The average molecular weight is 228 g/mol. The minimum atomic E-state index is -0.685. The second kappa shape index (κ2) is 5.53. The molecule has 1 saturated carbocycles. The van der Waals surface area contributed by atoms with E-state index < -0.39 is 11.7 Å². The summed E-state index contributed by atoms with van der Waals surface area (Å²) in [5, 5.41) is 0. The molecule has 1 aliphatic rings. The molecule has 1 rings (SSSR count). The second-order valence-electron chi connectivity index (χ2n) is 5.50. The molecule has 0 atom stereocenters. The molecule has 4 nitrogen and oxygen atoms in total. The first kappa shape index (κ1) is 13.3. The Morgan fingerprint density at radius 2 is 1.88 bits per heavy atom. The summed E-state index contributed by atoms with van der Waals surface area (Å²) in [5.41, 5.74) is 10.4. The van der Waals surface area contributed by atoms with Crippen LogP contribution >= 0.6 is 0 Å². The fourth-order valence-electron chi connectivity index (χ4n) is 2.35. The molecule has 0 unspecified atom stereocenters. The van der Waals surface area contributed by atoms with Crippen LogP contribution in [0, 0.1) is 5.92 Å². The highest BCUT2D eigenvalue weighted by Crippen LogP contribution is 2.30. The number of rotatable bonds is 4. The van der Waals surface area contributed by atoms with Gasteiger partial charge >= 0.3 is 6.09 Å². The zero-order chi connectivity index (χ0) is 12.2. The molecule has 16 heavy (non-hydrogen) atoms. The van der Waals surface area contributed by atoms with Crippen LogP contribution in [0.3, 0.4) is 0 Å². The summed E-state index contributed by atoms with van der Waals surface area (Å²) in [4.78, 5) is 10.7. The molecule has 1 amide bonds. The quantitative estimate of drug-likeness (QED) is 0.774. The van der Waals surface area contributed by atoms with Crippen molar-refractivity contribution in [2.45, 2.75) is 64.0 Å². The van der Waals surface area contributed by atoms with E-state index in [1.54, 1.807) is 0 Å². The molecule has 0 radical (unpaired) electrons. The lowest BCUT2D eigenvalue weighted by atomic mass is 9.82. The highest BCUT2D eigenvalue weighted by atomic mass is 16.6. The Balaban J connectivity index is 2.25. The van der Waals surface area contributed by atoms with E-state index in [1.807, 2.05) is 13.8 Å². The molecule has 1 fully saturated rings. The van der Waals surface area contributed by atoms with Crippen LogP contribution in [0.5, 0.6) is 0 Å². The predicted molar refractivity (Wildman–Crippen MR) is 63.9 cm³/mol. The van der Waals surface area contributed by atoms with Crippen LogP contribution in [-0.2, 0) is 4.74 Å². The van der Waals surface area contributed by atoms with Crippen molar-refractivity contribution in [3.8, 4) is 0 Å². The van der Waals surface area contributed by atoms with Crippen LogP contribution in [-0.4, -0.2) is 17.7 Å². The Hall–Kier alpha value is -0.770. The van der Waals surface area contributed by atoms with Gasteiger partial charge < -0.3 is 16.2 Å². The molecule has 0 bridgehead atoms. The molecular formula is C12H24N2O2. The van der Waals surface area contributed by atoms with Crippen molar-refractivity contribution in [2.24, 2.45) is 17.4 Å². The minimum Gasteiger partial charge on any atom is -0.444 e. The van der Waals surface area contributed by atoms with Gasteiger partial charge in [0.05, 0.1) is 0 Å². The molecule has 0 heterocycles. The van der Waals surface area contributed by atoms with Crippen LogP contribution in [0.4, 0.5) is 4.79 Å². The van der Waals surface area contributed by atoms with E-state index in [4.69, 9.17) is 16.2 Å². The highest BCUT2D eigenvalue weighted by molar-refractivity contribution is 5.65. The Morgan fingerprint density at radius 1 is 1.31 bits per heavy atom. The van der Waals surface area contributed by atoms with E-state index in [0.29, 0.717) is 6.04 Å². The summed E-state index contributed by atoms with van der Waals surface area (Å²) >= 11 is 0. The van der Waals surface area contributed by atoms with Crippen LogP contribution in [0.1, 0.15) is 52.4 Å². The third kappa shape index (κ3) is 4.84. The topological polar surface area (TPSA) is 78.3 Å². The van der Waals surface area contributed by atoms with Crippen LogP contribution < -0.4 is 11.5 Å². The molecule has 0 aromatic heterocycles. The fourth-order valence-corrected chi connectivity index (χ4v) is 2.35. The standard InChI is InChI=1S/C12H24N2O2/c1-12(2,16-11(14)15)8-7-9-3-5-10(13)6-4-9/h9-10H,3-8,13H2,1-2H3,(H2,14,15). The third-order valence-corrected chi connectivity index (χ3v) is 3.42. The maximum Gasteiger partial charge on any atom is 0.405 e. The van der Waals surface area contributed by atoms with Crippen LogP contribution in [0.25, 0.3) is 0 Å². The zero-order valence-corrected chi connectivity index (χ0v) is 10.4. The predicted octanol–water partition coefficient (Wildman–Crippen LogP) is 2.16. The Bertz CT molecular complexity index is 233. The first-order valence-electron chi connectivity index (χ1n) is 6.13. The van der Waals surface area contributed by atoms with E-state index in [1.165, 1.54) is 12.8 Å². The molecule has 4 N–H and O–H groups in total. The van der Waals surface area contributed by atoms with Gasteiger partial charge in [0.2, 0.25) is 0 Å². The summed E-state index contributed by atoms with van der Waals surface area (Å²) in [6.07, 6.45) is 5.93. The van der Waals surface area contributed by atoms with Gasteiger partial charge in [0, 0.05) is 6.04 Å². The van der Waals surface area contributed by atoms with E-state index >= 15 is 0 Å². The van der Waals surface area contributed by atoms with Crippen molar-refractivity contribution in [3.63, 3.8) is 0 Å². The van der Waals surface area contributed by atoms with Crippen LogP contribution in [0.15, 0.2) is 0 Å². The van der Waals surface area contributed by atoms with Gasteiger partial charge in [-0.1, -0.05) is 0 Å². The molecule has 0 aromatic rings. The third-order valence-electron chi connectivity index (χ3n) is 3.42. The molecule has 94 valence electrons. The van der Waals surface area contributed by atoms with E-state index in [-0.39, 0.29) is 0 Å². The molecule has 0 aliphatic heterocycles.